The van der Waals surface area contributed by atoms with Gasteiger partial charge in [-0.3, -0.25) is 0 Å². The Morgan fingerprint density at radius 3 is 2.11 bits per heavy atom. The van der Waals surface area contributed by atoms with Gasteiger partial charge in [-0.15, -0.1) is 0 Å². The highest BCUT2D eigenvalue weighted by atomic mass is 79.9. The van der Waals surface area contributed by atoms with E-state index >= 15 is 0 Å². The van der Waals surface area contributed by atoms with E-state index in [1.54, 1.807) is 0 Å². The Hall–Kier alpha value is -1.01. The Morgan fingerprint density at radius 2 is 1.58 bits per heavy atom. The van der Waals surface area contributed by atoms with Gasteiger partial charge in [-0.1, -0.05) is 15.9 Å². The molecule has 1 nitrogen and oxygen atoms in total. The van der Waals surface area contributed by atoms with E-state index in [9.17, 15) is 13.2 Å². The normalized spacial score (nSPS) is 10.6. The number of hydrogen-bond donors (Lipinski definition) is 0. The lowest BCUT2D eigenvalue weighted by Gasteiger charge is -2.09. The SMILES string of the molecule is Fc1cc(Oc2c(F)cc(CBr)cc2F)ccc1Br. The van der Waals surface area contributed by atoms with E-state index < -0.39 is 23.2 Å². The van der Waals surface area contributed by atoms with Crippen LogP contribution in [0.5, 0.6) is 11.5 Å². The molecule has 0 spiro atoms. The van der Waals surface area contributed by atoms with Crippen molar-refractivity contribution in [1.82, 2.24) is 0 Å². The van der Waals surface area contributed by atoms with Gasteiger partial charge in [0.25, 0.3) is 0 Å². The van der Waals surface area contributed by atoms with E-state index in [0.717, 1.165) is 18.2 Å². The number of hydrogen-bond acceptors (Lipinski definition) is 1. The highest BCUT2D eigenvalue weighted by molar-refractivity contribution is 9.10. The number of ether oxygens (including phenoxy) is 1. The first-order valence-corrected chi connectivity index (χ1v) is 7.09. The van der Waals surface area contributed by atoms with Gasteiger partial charge in [0, 0.05) is 11.4 Å². The molecule has 0 bridgehead atoms. The van der Waals surface area contributed by atoms with Crippen LogP contribution in [0.2, 0.25) is 0 Å². The van der Waals surface area contributed by atoms with Gasteiger partial charge in [0.2, 0.25) is 0 Å². The fraction of sp³-hybridized carbons (Fsp3) is 0.0769. The Kier molecular flexibility index (Phi) is 4.52. The Bertz CT molecular complexity index is 594. The molecule has 2 aromatic rings. The van der Waals surface area contributed by atoms with Gasteiger partial charge in [-0.05, 0) is 45.8 Å². The van der Waals surface area contributed by atoms with Crippen LogP contribution in [0.1, 0.15) is 5.56 Å². The molecule has 0 aliphatic carbocycles. The Labute approximate surface area is 124 Å². The second-order valence-electron chi connectivity index (χ2n) is 3.70. The van der Waals surface area contributed by atoms with Crippen LogP contribution >= 0.6 is 31.9 Å². The van der Waals surface area contributed by atoms with Crippen LogP contribution < -0.4 is 4.74 Å². The first kappa shape index (κ1) is 14.4. The van der Waals surface area contributed by atoms with Gasteiger partial charge in [-0.25, -0.2) is 13.2 Å². The minimum absolute atomic E-state index is 0.0186. The van der Waals surface area contributed by atoms with Gasteiger partial charge in [0.1, 0.15) is 11.6 Å². The van der Waals surface area contributed by atoms with E-state index in [2.05, 4.69) is 31.9 Å². The summed E-state index contributed by atoms with van der Waals surface area (Å²) in [4.78, 5) is 0. The van der Waals surface area contributed by atoms with Crippen LogP contribution in [0.25, 0.3) is 0 Å². The molecule has 0 unspecified atom stereocenters. The third-order valence-corrected chi connectivity index (χ3v) is 3.61. The van der Waals surface area contributed by atoms with Crippen molar-refractivity contribution in [2.24, 2.45) is 0 Å². The minimum Gasteiger partial charge on any atom is -0.451 e. The van der Waals surface area contributed by atoms with Crippen molar-refractivity contribution in [3.63, 3.8) is 0 Å². The molecule has 0 saturated heterocycles. The van der Waals surface area contributed by atoms with Crippen molar-refractivity contribution in [2.45, 2.75) is 5.33 Å². The molecule has 2 rings (SSSR count). The maximum absolute atomic E-state index is 13.7. The van der Waals surface area contributed by atoms with Gasteiger partial charge in [-0.2, -0.15) is 0 Å². The van der Waals surface area contributed by atoms with E-state index in [4.69, 9.17) is 4.74 Å². The molecule has 19 heavy (non-hydrogen) atoms. The molecular weight excluding hydrogens is 389 g/mol. The maximum Gasteiger partial charge on any atom is 0.198 e. The summed E-state index contributed by atoms with van der Waals surface area (Å²) in [5, 5.41) is 0.327. The first-order chi connectivity index (χ1) is 9.01. The predicted octanol–water partition coefficient (Wildman–Crippen LogP) is 5.55. The average Bonchev–Trinajstić information content (AvgIpc) is 2.37. The van der Waals surface area contributed by atoms with Crippen LogP contribution in [0, 0.1) is 17.5 Å². The lowest BCUT2D eigenvalue weighted by atomic mass is 10.2. The highest BCUT2D eigenvalue weighted by Gasteiger charge is 2.14. The molecule has 0 aliphatic rings. The van der Waals surface area contributed by atoms with Crippen molar-refractivity contribution in [3.05, 3.63) is 57.8 Å². The molecule has 0 N–H and O–H groups in total. The molecular formula is C13H7Br2F3O. The molecule has 0 saturated carbocycles. The first-order valence-electron chi connectivity index (χ1n) is 5.18. The summed E-state index contributed by atoms with van der Waals surface area (Å²) in [7, 11) is 0. The third kappa shape index (κ3) is 3.30. The van der Waals surface area contributed by atoms with Gasteiger partial charge >= 0.3 is 0 Å². The van der Waals surface area contributed by atoms with E-state index in [1.165, 1.54) is 12.1 Å². The van der Waals surface area contributed by atoms with Gasteiger partial charge in [0.15, 0.2) is 17.4 Å². The molecule has 0 atom stereocenters. The molecule has 6 heteroatoms. The molecule has 2 aromatic carbocycles. The zero-order valence-electron chi connectivity index (χ0n) is 9.39. The predicted molar refractivity (Wildman–Crippen MR) is 73.2 cm³/mol. The monoisotopic (exact) mass is 394 g/mol. The maximum atomic E-state index is 13.7. The fourth-order valence-electron chi connectivity index (χ4n) is 1.45. The summed E-state index contributed by atoms with van der Waals surface area (Å²) in [6, 6.07) is 6.16. The summed E-state index contributed by atoms with van der Waals surface area (Å²) in [6.07, 6.45) is 0. The lowest BCUT2D eigenvalue weighted by Crippen LogP contribution is -1.95. The zero-order chi connectivity index (χ0) is 14.0. The second-order valence-corrected chi connectivity index (χ2v) is 5.12. The second kappa shape index (κ2) is 5.96. The van der Waals surface area contributed by atoms with Crippen molar-refractivity contribution in [2.75, 3.05) is 0 Å². The van der Waals surface area contributed by atoms with Crippen LogP contribution in [-0.4, -0.2) is 0 Å². The number of alkyl halides is 1. The smallest absolute Gasteiger partial charge is 0.198 e. The quantitative estimate of drug-likeness (QED) is 0.618. The summed E-state index contributed by atoms with van der Waals surface area (Å²) in [6.45, 7) is 0. The standard InChI is InChI=1S/C13H7Br2F3O/c14-6-7-3-11(17)13(12(18)4-7)19-8-1-2-9(15)10(16)5-8/h1-5H,6H2. The molecule has 0 radical (unpaired) electrons. The van der Waals surface area contributed by atoms with E-state index in [0.29, 0.717) is 10.9 Å². The zero-order valence-corrected chi connectivity index (χ0v) is 12.6. The lowest BCUT2D eigenvalue weighted by molar-refractivity contribution is 0.404. The molecule has 0 aliphatic heterocycles. The summed E-state index contributed by atoms with van der Waals surface area (Å²) >= 11 is 6.08. The van der Waals surface area contributed by atoms with Crippen LogP contribution in [0.15, 0.2) is 34.8 Å². The minimum atomic E-state index is -0.835. The third-order valence-electron chi connectivity index (χ3n) is 2.32. The topological polar surface area (TPSA) is 9.23 Å². The van der Waals surface area contributed by atoms with Crippen LogP contribution in [0.4, 0.5) is 13.2 Å². The number of halogens is 5. The highest BCUT2D eigenvalue weighted by Crippen LogP contribution is 2.30. The number of rotatable bonds is 3. The summed E-state index contributed by atoms with van der Waals surface area (Å²) in [5.41, 5.74) is 0.448. The summed E-state index contributed by atoms with van der Waals surface area (Å²) in [5.74, 6) is -2.78. The Balaban J connectivity index is 2.35. The van der Waals surface area contributed by atoms with Crippen molar-refractivity contribution in [3.8, 4) is 11.5 Å². The molecule has 100 valence electrons. The van der Waals surface area contributed by atoms with Crippen molar-refractivity contribution in [1.29, 1.82) is 0 Å². The fourth-order valence-corrected chi connectivity index (χ4v) is 2.02. The van der Waals surface area contributed by atoms with E-state index in [1.807, 2.05) is 0 Å². The summed E-state index contributed by atoms with van der Waals surface area (Å²) < 4.78 is 45.9. The largest absolute Gasteiger partial charge is 0.451 e. The van der Waals surface area contributed by atoms with Crippen LogP contribution in [0.3, 0.4) is 0 Å². The van der Waals surface area contributed by atoms with Gasteiger partial charge < -0.3 is 4.74 Å². The molecule has 0 fully saturated rings. The number of benzene rings is 2. The van der Waals surface area contributed by atoms with Crippen molar-refractivity contribution >= 4 is 31.9 Å². The molecule has 0 aromatic heterocycles. The molecule has 0 heterocycles. The van der Waals surface area contributed by atoms with Crippen molar-refractivity contribution < 1.29 is 17.9 Å². The Morgan fingerprint density at radius 1 is 0.947 bits per heavy atom. The molecule has 0 amide bonds. The average molecular weight is 396 g/mol. The van der Waals surface area contributed by atoms with Gasteiger partial charge in [0.05, 0.1) is 4.47 Å². The van der Waals surface area contributed by atoms with E-state index in [-0.39, 0.29) is 10.2 Å². The van der Waals surface area contributed by atoms with Crippen LogP contribution in [-0.2, 0) is 5.33 Å².